The smallest absolute Gasteiger partial charge is 0.234 e. The van der Waals surface area contributed by atoms with Gasteiger partial charge in [0.15, 0.2) is 0 Å². The first-order valence-corrected chi connectivity index (χ1v) is 9.08. The maximum absolute atomic E-state index is 13.7. The van der Waals surface area contributed by atoms with Gasteiger partial charge in [0, 0.05) is 23.7 Å². The van der Waals surface area contributed by atoms with Crippen LogP contribution < -0.4 is 14.8 Å². The van der Waals surface area contributed by atoms with Crippen molar-refractivity contribution in [1.82, 2.24) is 10.2 Å². The number of likely N-dealkylation sites (tertiary alicyclic amines) is 1. The van der Waals surface area contributed by atoms with Crippen LogP contribution in [-0.4, -0.2) is 38.1 Å². The Balaban J connectivity index is 1.66. The highest BCUT2D eigenvalue weighted by molar-refractivity contribution is 5.78. The average Bonchev–Trinajstić information content (AvgIpc) is 3.14. The molecule has 0 radical (unpaired) electrons. The summed E-state index contributed by atoms with van der Waals surface area (Å²) in [6.07, 6.45) is 1.95. The van der Waals surface area contributed by atoms with E-state index in [1.807, 2.05) is 18.2 Å². The molecular formula is C21H25FN2O3. The lowest BCUT2D eigenvalue weighted by Crippen LogP contribution is -2.36. The Bertz CT molecular complexity index is 797. The zero-order valence-electron chi connectivity index (χ0n) is 15.7. The van der Waals surface area contributed by atoms with Crippen LogP contribution in [0.3, 0.4) is 0 Å². The maximum atomic E-state index is 13.7. The summed E-state index contributed by atoms with van der Waals surface area (Å²) in [4.78, 5) is 14.5. The minimum absolute atomic E-state index is 0.0919. The molecule has 0 saturated carbocycles. The fourth-order valence-electron chi connectivity index (χ4n) is 3.54. The highest BCUT2D eigenvalue weighted by Crippen LogP contribution is 2.38. The monoisotopic (exact) mass is 372 g/mol. The molecule has 0 bridgehead atoms. The van der Waals surface area contributed by atoms with Gasteiger partial charge in [-0.3, -0.25) is 9.69 Å². The molecule has 2 aromatic carbocycles. The van der Waals surface area contributed by atoms with Gasteiger partial charge in [-0.05, 0) is 43.7 Å². The third-order valence-corrected chi connectivity index (χ3v) is 4.94. The quantitative estimate of drug-likeness (QED) is 0.810. The van der Waals surface area contributed by atoms with Crippen molar-refractivity contribution in [3.05, 3.63) is 59.4 Å². The number of halogens is 1. The molecule has 0 unspecified atom stereocenters. The van der Waals surface area contributed by atoms with Crippen LogP contribution in [0.25, 0.3) is 0 Å². The molecule has 144 valence electrons. The van der Waals surface area contributed by atoms with E-state index in [2.05, 4.69) is 10.2 Å². The molecule has 2 aromatic rings. The Morgan fingerprint density at radius 3 is 2.78 bits per heavy atom. The van der Waals surface area contributed by atoms with Crippen LogP contribution in [0.5, 0.6) is 11.5 Å². The number of carbonyl (C=O) groups is 1. The van der Waals surface area contributed by atoms with Gasteiger partial charge in [-0.25, -0.2) is 4.39 Å². The first-order valence-electron chi connectivity index (χ1n) is 9.08. The number of carbonyl (C=O) groups excluding carboxylic acids is 1. The molecule has 6 heteroatoms. The molecule has 27 heavy (non-hydrogen) atoms. The number of nitrogens with one attached hydrogen (secondary N) is 1. The minimum Gasteiger partial charge on any atom is -0.497 e. The lowest BCUT2D eigenvalue weighted by molar-refractivity contribution is -0.122. The minimum atomic E-state index is -0.307. The van der Waals surface area contributed by atoms with Crippen LogP contribution >= 0.6 is 0 Å². The lowest BCUT2D eigenvalue weighted by Gasteiger charge is -2.26. The second kappa shape index (κ2) is 8.86. The number of nitrogens with zero attached hydrogens (tertiary/aromatic N) is 1. The zero-order chi connectivity index (χ0) is 19.2. The first kappa shape index (κ1) is 19.2. The van der Waals surface area contributed by atoms with Gasteiger partial charge in [-0.2, -0.15) is 0 Å². The number of rotatable bonds is 7. The molecule has 0 aromatic heterocycles. The SMILES string of the molecule is COc1ccc(OC)c([C@@H]2CCCN2CC(=O)NCc2ccccc2F)c1. The second-order valence-electron chi connectivity index (χ2n) is 6.60. The number of methoxy groups -OCH3 is 2. The zero-order valence-corrected chi connectivity index (χ0v) is 15.7. The molecule has 1 saturated heterocycles. The summed E-state index contributed by atoms with van der Waals surface area (Å²) >= 11 is 0. The molecule has 1 aliphatic rings. The highest BCUT2D eigenvalue weighted by Gasteiger charge is 2.30. The van der Waals surface area contributed by atoms with Crippen molar-refractivity contribution in [2.24, 2.45) is 0 Å². The van der Waals surface area contributed by atoms with E-state index in [-0.39, 0.29) is 30.9 Å². The molecule has 1 heterocycles. The topological polar surface area (TPSA) is 50.8 Å². The van der Waals surface area contributed by atoms with Crippen LogP contribution in [0, 0.1) is 5.82 Å². The van der Waals surface area contributed by atoms with Crippen LogP contribution in [-0.2, 0) is 11.3 Å². The van der Waals surface area contributed by atoms with E-state index in [0.29, 0.717) is 5.56 Å². The summed E-state index contributed by atoms with van der Waals surface area (Å²) in [5.41, 5.74) is 1.51. The van der Waals surface area contributed by atoms with Crippen molar-refractivity contribution in [2.75, 3.05) is 27.3 Å². The summed E-state index contributed by atoms with van der Waals surface area (Å²) in [5, 5.41) is 2.81. The molecule has 1 N–H and O–H groups in total. The largest absolute Gasteiger partial charge is 0.497 e. The predicted molar refractivity (Wildman–Crippen MR) is 101 cm³/mol. The van der Waals surface area contributed by atoms with Gasteiger partial charge in [0.2, 0.25) is 5.91 Å². The van der Waals surface area contributed by atoms with Gasteiger partial charge in [0.1, 0.15) is 17.3 Å². The van der Waals surface area contributed by atoms with E-state index < -0.39 is 0 Å². The molecule has 3 rings (SSSR count). The lowest BCUT2D eigenvalue weighted by atomic mass is 10.0. The third kappa shape index (κ3) is 4.57. The van der Waals surface area contributed by atoms with E-state index in [1.165, 1.54) is 6.07 Å². The van der Waals surface area contributed by atoms with Crippen LogP contribution in [0.4, 0.5) is 4.39 Å². The van der Waals surface area contributed by atoms with Gasteiger partial charge in [0.05, 0.1) is 20.8 Å². The molecule has 0 spiro atoms. The molecule has 1 aliphatic heterocycles. The second-order valence-corrected chi connectivity index (χ2v) is 6.60. The summed E-state index contributed by atoms with van der Waals surface area (Å²) in [5.74, 6) is 1.13. The van der Waals surface area contributed by atoms with E-state index in [4.69, 9.17) is 9.47 Å². The Morgan fingerprint density at radius 1 is 1.22 bits per heavy atom. The van der Waals surface area contributed by atoms with Crippen LogP contribution in [0.2, 0.25) is 0 Å². The van der Waals surface area contributed by atoms with E-state index in [1.54, 1.807) is 32.4 Å². The van der Waals surface area contributed by atoms with Gasteiger partial charge >= 0.3 is 0 Å². The predicted octanol–water partition coefficient (Wildman–Crippen LogP) is 3.30. The Morgan fingerprint density at radius 2 is 2.04 bits per heavy atom. The van der Waals surface area contributed by atoms with Crippen LogP contribution in [0.15, 0.2) is 42.5 Å². The van der Waals surface area contributed by atoms with E-state index >= 15 is 0 Å². The van der Waals surface area contributed by atoms with Gasteiger partial charge in [-0.1, -0.05) is 18.2 Å². The van der Waals surface area contributed by atoms with E-state index in [9.17, 15) is 9.18 Å². The number of hydrogen-bond donors (Lipinski definition) is 1. The maximum Gasteiger partial charge on any atom is 0.234 e. The summed E-state index contributed by atoms with van der Waals surface area (Å²) in [7, 11) is 3.28. The van der Waals surface area contributed by atoms with Crippen molar-refractivity contribution >= 4 is 5.91 Å². The molecular weight excluding hydrogens is 347 g/mol. The number of benzene rings is 2. The normalized spacial score (nSPS) is 16.9. The fraction of sp³-hybridized carbons (Fsp3) is 0.381. The molecule has 1 atom stereocenters. The standard InChI is InChI=1S/C21H25FN2O3/c1-26-16-9-10-20(27-2)17(12-16)19-8-5-11-24(19)14-21(25)23-13-15-6-3-4-7-18(15)22/h3-4,6-7,9-10,12,19H,5,8,11,13-14H2,1-2H3,(H,23,25)/t19-/m0/s1. The number of hydrogen-bond acceptors (Lipinski definition) is 4. The van der Waals surface area contributed by atoms with Crippen molar-refractivity contribution in [3.8, 4) is 11.5 Å². The van der Waals surface area contributed by atoms with E-state index in [0.717, 1.165) is 36.4 Å². The van der Waals surface area contributed by atoms with Crippen molar-refractivity contribution < 1.29 is 18.7 Å². The Kier molecular flexibility index (Phi) is 6.29. The fourth-order valence-corrected chi connectivity index (χ4v) is 3.54. The first-order chi connectivity index (χ1) is 13.1. The third-order valence-electron chi connectivity index (χ3n) is 4.94. The highest BCUT2D eigenvalue weighted by atomic mass is 19.1. The molecule has 5 nitrogen and oxygen atoms in total. The summed E-state index contributed by atoms with van der Waals surface area (Å²) < 4.78 is 24.5. The van der Waals surface area contributed by atoms with Crippen LogP contribution in [0.1, 0.15) is 30.0 Å². The Hall–Kier alpha value is -2.60. The van der Waals surface area contributed by atoms with Crippen molar-refractivity contribution in [1.29, 1.82) is 0 Å². The number of amides is 1. The van der Waals surface area contributed by atoms with Gasteiger partial charge in [0.25, 0.3) is 0 Å². The Labute approximate surface area is 159 Å². The molecule has 1 amide bonds. The summed E-state index contributed by atoms with van der Waals surface area (Å²) in [6.45, 7) is 1.28. The number of ether oxygens (including phenoxy) is 2. The van der Waals surface area contributed by atoms with Gasteiger partial charge in [-0.15, -0.1) is 0 Å². The van der Waals surface area contributed by atoms with Gasteiger partial charge < -0.3 is 14.8 Å². The van der Waals surface area contributed by atoms with Crippen molar-refractivity contribution in [2.45, 2.75) is 25.4 Å². The van der Waals surface area contributed by atoms with Crippen molar-refractivity contribution in [3.63, 3.8) is 0 Å². The average molecular weight is 372 g/mol. The summed E-state index contributed by atoms with van der Waals surface area (Å²) in [6, 6.07) is 12.3. The molecule has 1 fully saturated rings. The molecule has 0 aliphatic carbocycles.